The number of nitrogens with two attached hydrogens (primary N) is 1. The highest BCUT2D eigenvalue weighted by molar-refractivity contribution is 14.1. The minimum atomic E-state index is -0.137. The van der Waals surface area contributed by atoms with Gasteiger partial charge in [-0.25, -0.2) is 0 Å². The normalized spacial score (nSPS) is 32.4. The van der Waals surface area contributed by atoms with E-state index in [2.05, 4.69) is 35.6 Å². The molecule has 120 valence electrons. The van der Waals surface area contributed by atoms with Crippen LogP contribution < -0.4 is 5.73 Å². The maximum absolute atomic E-state index is 12.7. The first kappa shape index (κ1) is 17.7. The largest absolute Gasteiger partial charge is 0.404 e. The summed E-state index contributed by atoms with van der Waals surface area (Å²) in [6.07, 6.45) is 8.00. The zero-order valence-electron chi connectivity index (χ0n) is 13.2. The highest BCUT2D eigenvalue weighted by Gasteiger charge is 2.46. The van der Waals surface area contributed by atoms with Crippen LogP contribution in [0.15, 0.2) is 33.1 Å². The smallest absolute Gasteiger partial charge is 0.168 e. The fraction of sp³-hybridized carbons (Fsp3) is 0.500. The molecule has 2 aliphatic carbocycles. The third-order valence-electron chi connectivity index (χ3n) is 5.23. The summed E-state index contributed by atoms with van der Waals surface area (Å²) in [5.41, 5.74) is 6.81. The quantitative estimate of drug-likeness (QED) is 0.416. The van der Waals surface area contributed by atoms with Crippen LogP contribution in [0.1, 0.15) is 39.0 Å². The first-order valence-electron chi connectivity index (χ1n) is 7.77. The summed E-state index contributed by atoms with van der Waals surface area (Å²) in [6.45, 7) is 2.26. The summed E-state index contributed by atoms with van der Waals surface area (Å²) in [5, 5.41) is 18.5. The molecule has 0 spiro atoms. The number of rotatable bonds is 2. The zero-order valence-corrected chi connectivity index (χ0v) is 15.3. The van der Waals surface area contributed by atoms with Gasteiger partial charge in [0.1, 0.15) is 17.7 Å². The summed E-state index contributed by atoms with van der Waals surface area (Å²) >= 11 is 2.22. The van der Waals surface area contributed by atoms with E-state index >= 15 is 0 Å². The van der Waals surface area contributed by atoms with Gasteiger partial charge in [-0.2, -0.15) is 10.5 Å². The second kappa shape index (κ2) is 7.31. The van der Waals surface area contributed by atoms with Gasteiger partial charge in [0, 0.05) is 17.7 Å². The number of halogens is 1. The van der Waals surface area contributed by atoms with Crippen LogP contribution in [-0.2, 0) is 4.79 Å². The summed E-state index contributed by atoms with van der Waals surface area (Å²) in [7, 11) is 0. The summed E-state index contributed by atoms with van der Waals surface area (Å²) in [6, 6.07) is 3.89. The Balaban J connectivity index is 2.40. The number of carbonyl (C=O) groups is 1. The zero-order chi connectivity index (χ0) is 17.0. The second-order valence-electron chi connectivity index (χ2n) is 6.62. The van der Waals surface area contributed by atoms with Gasteiger partial charge in [0.05, 0.1) is 0 Å². The molecular formula is C18H20IN3O. The minimum absolute atomic E-state index is 0.00387. The Labute approximate surface area is 150 Å². The van der Waals surface area contributed by atoms with Gasteiger partial charge in [-0.15, -0.1) is 0 Å². The van der Waals surface area contributed by atoms with E-state index in [0.717, 1.165) is 32.1 Å². The predicted octanol–water partition coefficient (Wildman–Crippen LogP) is 3.91. The maximum Gasteiger partial charge on any atom is 0.168 e. The van der Waals surface area contributed by atoms with E-state index in [9.17, 15) is 15.3 Å². The van der Waals surface area contributed by atoms with Crippen molar-refractivity contribution in [3.63, 3.8) is 0 Å². The van der Waals surface area contributed by atoms with Gasteiger partial charge in [0.15, 0.2) is 5.78 Å². The number of hydrogen-bond donors (Lipinski definition) is 1. The first-order chi connectivity index (χ1) is 11.0. The lowest BCUT2D eigenvalue weighted by atomic mass is 9.78. The average Bonchev–Trinajstić information content (AvgIpc) is 2.70. The van der Waals surface area contributed by atoms with Gasteiger partial charge >= 0.3 is 0 Å². The Kier molecular flexibility index (Phi) is 5.64. The van der Waals surface area contributed by atoms with Crippen molar-refractivity contribution < 1.29 is 4.79 Å². The first-order valence-corrected chi connectivity index (χ1v) is 9.02. The molecule has 2 rings (SSSR count). The fourth-order valence-corrected chi connectivity index (χ4v) is 4.15. The molecule has 0 aliphatic heterocycles. The van der Waals surface area contributed by atoms with Crippen LogP contribution >= 0.6 is 22.6 Å². The molecular weight excluding hydrogens is 401 g/mol. The van der Waals surface area contributed by atoms with Crippen LogP contribution in [-0.4, -0.2) is 5.78 Å². The molecule has 2 unspecified atom stereocenters. The monoisotopic (exact) mass is 421 g/mol. The number of nitrogens with zero attached hydrogens (tertiary/aromatic N) is 2. The van der Waals surface area contributed by atoms with Gasteiger partial charge in [-0.3, -0.25) is 4.79 Å². The topological polar surface area (TPSA) is 90.7 Å². The second-order valence-corrected chi connectivity index (χ2v) is 7.34. The highest BCUT2D eigenvalue weighted by atomic mass is 127. The molecule has 2 saturated carbocycles. The lowest BCUT2D eigenvalue weighted by molar-refractivity contribution is -0.118. The Hall–Kier alpha value is -1.60. The van der Waals surface area contributed by atoms with Crippen molar-refractivity contribution in [1.29, 1.82) is 10.5 Å². The van der Waals surface area contributed by atoms with Crippen molar-refractivity contribution in [1.82, 2.24) is 0 Å². The third-order valence-corrected chi connectivity index (χ3v) is 5.73. The molecule has 23 heavy (non-hydrogen) atoms. The Morgan fingerprint density at radius 2 is 1.96 bits per heavy atom. The number of Topliss-reactive ketones (excluding diaryl/α,β-unsaturated/α-hetero) is 1. The number of fused-ring (bicyclic) bond motifs is 1. The van der Waals surface area contributed by atoms with Crippen LogP contribution in [0.3, 0.4) is 0 Å². The molecule has 2 aliphatic rings. The average molecular weight is 421 g/mol. The third kappa shape index (κ3) is 3.35. The number of allylic oxidation sites excluding steroid dienone is 4. The van der Waals surface area contributed by atoms with Gasteiger partial charge in [-0.1, -0.05) is 35.6 Å². The summed E-state index contributed by atoms with van der Waals surface area (Å²) in [5.74, 6) is -0.178. The molecule has 4 nitrogen and oxygen atoms in total. The maximum atomic E-state index is 12.7. The minimum Gasteiger partial charge on any atom is -0.404 e. The molecule has 2 N–H and O–H groups in total. The molecule has 0 aromatic heterocycles. The van der Waals surface area contributed by atoms with Crippen molar-refractivity contribution in [2.75, 3.05) is 0 Å². The molecule has 0 amide bonds. The van der Waals surface area contributed by atoms with Crippen molar-refractivity contribution in [3.05, 3.63) is 33.1 Å². The number of ketones is 1. The van der Waals surface area contributed by atoms with Gasteiger partial charge in [0.2, 0.25) is 0 Å². The lowest BCUT2D eigenvalue weighted by Gasteiger charge is -2.27. The van der Waals surface area contributed by atoms with Gasteiger partial charge < -0.3 is 5.73 Å². The van der Waals surface area contributed by atoms with Crippen molar-refractivity contribution in [2.45, 2.75) is 39.0 Å². The highest BCUT2D eigenvalue weighted by Crippen LogP contribution is 2.50. The summed E-state index contributed by atoms with van der Waals surface area (Å²) < 4.78 is 2.03. The van der Waals surface area contributed by atoms with Crippen molar-refractivity contribution in [3.8, 4) is 12.1 Å². The molecule has 3 atom stereocenters. The van der Waals surface area contributed by atoms with E-state index in [-0.39, 0.29) is 28.6 Å². The van der Waals surface area contributed by atoms with Gasteiger partial charge in [-0.05, 0) is 53.1 Å². The van der Waals surface area contributed by atoms with Crippen molar-refractivity contribution in [2.24, 2.45) is 23.0 Å². The van der Waals surface area contributed by atoms with E-state index in [1.165, 1.54) is 6.20 Å². The van der Waals surface area contributed by atoms with Gasteiger partial charge in [0.25, 0.3) is 0 Å². The lowest BCUT2D eigenvalue weighted by Crippen LogP contribution is -2.16. The predicted molar refractivity (Wildman–Crippen MR) is 96.9 cm³/mol. The van der Waals surface area contributed by atoms with Crippen LogP contribution in [0.4, 0.5) is 0 Å². The SMILES string of the molecule is CC1(C/C=C/I)CCC2C(=C(C#N)C#N)/C(=C/N)C(=O)[C@@H]2CC1. The molecule has 5 heteroatoms. The molecule has 0 aromatic rings. The van der Waals surface area contributed by atoms with E-state index in [0.29, 0.717) is 11.1 Å². The van der Waals surface area contributed by atoms with E-state index in [1.54, 1.807) is 0 Å². The molecule has 0 bridgehead atoms. The number of hydrogen-bond acceptors (Lipinski definition) is 4. The molecule has 0 heterocycles. The van der Waals surface area contributed by atoms with E-state index in [1.807, 2.05) is 16.2 Å². The Bertz CT molecular complexity index is 661. The van der Waals surface area contributed by atoms with Crippen LogP contribution in [0, 0.1) is 39.9 Å². The molecule has 0 radical (unpaired) electrons. The fourth-order valence-electron chi connectivity index (χ4n) is 3.90. The Morgan fingerprint density at radius 1 is 1.35 bits per heavy atom. The van der Waals surface area contributed by atoms with E-state index < -0.39 is 0 Å². The van der Waals surface area contributed by atoms with E-state index in [4.69, 9.17) is 5.73 Å². The Morgan fingerprint density at radius 3 is 2.48 bits per heavy atom. The van der Waals surface area contributed by atoms with Crippen LogP contribution in [0.25, 0.3) is 0 Å². The molecule has 0 aromatic carbocycles. The molecule has 2 fully saturated rings. The van der Waals surface area contributed by atoms with Crippen LogP contribution in [0.5, 0.6) is 0 Å². The number of carbonyl (C=O) groups excluding carboxylic acids is 1. The standard InChI is InChI=1S/C18H20IN3O/c1-18(5-2-8-19)6-3-13-14(4-7-18)17(23)15(11-22)16(13)12(9-20)10-21/h2,8,11,13-14H,3-7,22H2,1H3/b8-2+,15-11-/t13?,14-,18?/m1/s1. The number of nitriles is 2. The molecule has 0 saturated heterocycles. The van der Waals surface area contributed by atoms with Crippen molar-refractivity contribution >= 4 is 28.4 Å². The van der Waals surface area contributed by atoms with Crippen LogP contribution in [0.2, 0.25) is 0 Å². The summed E-state index contributed by atoms with van der Waals surface area (Å²) in [4.78, 5) is 12.7.